The Hall–Kier alpha value is -6.73. The molecule has 13 heteroatoms. The molecule has 0 bridgehead atoms. The second-order valence-electron chi connectivity index (χ2n) is 13.3. The molecule has 0 spiro atoms. The van der Waals surface area contributed by atoms with Gasteiger partial charge in [0.25, 0.3) is 0 Å². The molecule has 5 rings (SSSR count). The highest BCUT2D eigenvalue weighted by atomic mass is 32.1. The second kappa shape index (κ2) is 24.3. The van der Waals surface area contributed by atoms with Crippen LogP contribution < -0.4 is 24.3 Å². The number of carbonyl (C=O) groups is 4. The van der Waals surface area contributed by atoms with Crippen LogP contribution in [-0.2, 0) is 19.1 Å². The average molecular weight is 833 g/mol. The molecule has 0 radical (unpaired) electrons. The van der Waals surface area contributed by atoms with Crippen LogP contribution in [0.1, 0.15) is 77.6 Å². The zero-order valence-corrected chi connectivity index (χ0v) is 34.1. The monoisotopic (exact) mass is 832 g/mol. The van der Waals surface area contributed by atoms with Gasteiger partial charge in [-0.3, -0.25) is 0 Å². The van der Waals surface area contributed by atoms with E-state index in [1.807, 2.05) is 24.3 Å². The Balaban J connectivity index is 1.16. The summed E-state index contributed by atoms with van der Waals surface area (Å²) in [5, 5.41) is 3.88. The molecule has 0 fully saturated rings. The van der Waals surface area contributed by atoms with E-state index in [-0.39, 0.29) is 11.5 Å². The summed E-state index contributed by atoms with van der Waals surface area (Å²) in [5.74, 6) is -0.451. The van der Waals surface area contributed by atoms with Crippen molar-refractivity contribution in [3.8, 4) is 23.0 Å². The third-order valence-electron chi connectivity index (χ3n) is 8.78. The van der Waals surface area contributed by atoms with Crippen molar-refractivity contribution in [3.05, 3.63) is 139 Å². The van der Waals surface area contributed by atoms with E-state index in [0.29, 0.717) is 59.7 Å². The van der Waals surface area contributed by atoms with Gasteiger partial charge in [0.05, 0.1) is 47.8 Å². The number of thiazole rings is 1. The Morgan fingerprint density at radius 3 is 1.67 bits per heavy atom. The maximum Gasteiger partial charge on any atom is 0.343 e. The molecular weight excluding hydrogens is 785 g/mol. The number of hydrogen-bond donors (Lipinski definition) is 1. The van der Waals surface area contributed by atoms with Gasteiger partial charge < -0.3 is 33.7 Å². The Kier molecular flexibility index (Phi) is 17.9. The van der Waals surface area contributed by atoms with Crippen molar-refractivity contribution >= 4 is 56.6 Å². The molecule has 12 nitrogen and oxygen atoms in total. The number of esters is 4. The van der Waals surface area contributed by atoms with Crippen molar-refractivity contribution in [2.75, 3.05) is 31.7 Å². The second-order valence-corrected chi connectivity index (χ2v) is 14.3. The van der Waals surface area contributed by atoms with Gasteiger partial charge in [-0.1, -0.05) is 36.6 Å². The lowest BCUT2D eigenvalue weighted by molar-refractivity contribution is -0.138. The molecule has 4 aromatic carbocycles. The number of nitrogens with one attached hydrogen (secondary N) is 1. The van der Waals surface area contributed by atoms with Gasteiger partial charge in [0, 0.05) is 30.0 Å². The summed E-state index contributed by atoms with van der Waals surface area (Å²) in [4.78, 5) is 53.4. The minimum absolute atomic E-state index is 0.175. The highest BCUT2D eigenvalue weighted by molar-refractivity contribution is 7.22. The fraction of sp³-hybridized carbons (Fsp3) is 0.255. The molecule has 0 aliphatic rings. The van der Waals surface area contributed by atoms with Crippen LogP contribution in [0.25, 0.3) is 16.3 Å². The molecule has 0 unspecified atom stereocenters. The summed E-state index contributed by atoms with van der Waals surface area (Å²) in [7, 11) is 0. The maximum absolute atomic E-state index is 13.4. The zero-order valence-electron chi connectivity index (χ0n) is 33.3. The number of para-hydroxylation sites is 1. The van der Waals surface area contributed by atoms with Gasteiger partial charge in [0.15, 0.2) is 5.13 Å². The summed E-state index contributed by atoms with van der Waals surface area (Å²) >= 11 is 1.51. The van der Waals surface area contributed by atoms with Crippen molar-refractivity contribution in [2.45, 2.75) is 51.4 Å². The lowest BCUT2D eigenvalue weighted by Crippen LogP contribution is -2.11. The van der Waals surface area contributed by atoms with E-state index in [2.05, 4.69) is 23.5 Å². The van der Waals surface area contributed by atoms with Gasteiger partial charge >= 0.3 is 23.9 Å². The molecular formula is C47H48N2O10S. The summed E-state index contributed by atoms with van der Waals surface area (Å²) in [6.07, 6.45) is 12.6. The number of rotatable bonds is 25. The summed E-state index contributed by atoms with van der Waals surface area (Å²) in [6, 6.07) is 26.0. The van der Waals surface area contributed by atoms with Crippen LogP contribution in [0, 0.1) is 0 Å². The summed E-state index contributed by atoms with van der Waals surface area (Å²) in [6.45, 7) is 8.50. The molecule has 1 N–H and O–H groups in total. The van der Waals surface area contributed by atoms with E-state index in [4.69, 9.17) is 28.4 Å². The molecule has 0 saturated heterocycles. The number of anilines is 1. The van der Waals surface area contributed by atoms with Crippen LogP contribution in [0.5, 0.6) is 23.0 Å². The van der Waals surface area contributed by atoms with Crippen molar-refractivity contribution in [3.63, 3.8) is 0 Å². The van der Waals surface area contributed by atoms with Crippen LogP contribution in [0.3, 0.4) is 0 Å². The smallest absolute Gasteiger partial charge is 0.343 e. The molecule has 0 aliphatic carbocycles. The number of benzene rings is 4. The SMILES string of the molecule is C=CC(=O)OCCCCCCOc1ccc(C(=O)Oc2ccc(/C=C/Nc3nc4ccccc4s3)c(OC(=O)c3ccc(OCCCCCCOC(=O)C=C)cc3)c2)cc1. The van der Waals surface area contributed by atoms with Gasteiger partial charge in [-0.25, -0.2) is 24.2 Å². The van der Waals surface area contributed by atoms with E-state index in [0.717, 1.165) is 73.7 Å². The third kappa shape index (κ3) is 14.9. The number of aromatic nitrogens is 1. The lowest BCUT2D eigenvalue weighted by Gasteiger charge is -2.12. The number of unbranched alkanes of at least 4 members (excludes halogenated alkanes) is 6. The van der Waals surface area contributed by atoms with Gasteiger partial charge in [0.2, 0.25) is 0 Å². The topological polar surface area (TPSA) is 149 Å². The van der Waals surface area contributed by atoms with Crippen LogP contribution in [0.4, 0.5) is 5.13 Å². The summed E-state index contributed by atoms with van der Waals surface area (Å²) in [5.41, 5.74) is 2.05. The fourth-order valence-electron chi connectivity index (χ4n) is 5.60. The Bertz CT molecular complexity index is 2200. The molecule has 60 heavy (non-hydrogen) atoms. The molecule has 0 atom stereocenters. The number of carbonyl (C=O) groups excluding carboxylic acids is 4. The van der Waals surface area contributed by atoms with Crippen LogP contribution in [-0.4, -0.2) is 55.3 Å². The molecule has 0 saturated carbocycles. The van der Waals surface area contributed by atoms with Crippen molar-refractivity contribution in [1.29, 1.82) is 0 Å². The minimum Gasteiger partial charge on any atom is -0.494 e. The zero-order chi connectivity index (χ0) is 42.4. The first-order valence-electron chi connectivity index (χ1n) is 19.7. The minimum atomic E-state index is -0.611. The van der Waals surface area contributed by atoms with Crippen LogP contribution >= 0.6 is 11.3 Å². The Labute approximate surface area is 353 Å². The lowest BCUT2D eigenvalue weighted by atomic mass is 10.1. The van der Waals surface area contributed by atoms with Gasteiger partial charge in [-0.15, -0.1) is 0 Å². The molecule has 0 amide bonds. The van der Waals surface area contributed by atoms with Gasteiger partial charge in [-0.2, -0.15) is 0 Å². The van der Waals surface area contributed by atoms with Gasteiger partial charge in [0.1, 0.15) is 23.0 Å². The highest BCUT2D eigenvalue weighted by Gasteiger charge is 2.16. The largest absolute Gasteiger partial charge is 0.494 e. The van der Waals surface area contributed by atoms with Crippen LogP contribution in [0.2, 0.25) is 0 Å². The first-order valence-corrected chi connectivity index (χ1v) is 20.5. The van der Waals surface area contributed by atoms with E-state index < -0.39 is 23.9 Å². The maximum atomic E-state index is 13.4. The predicted molar refractivity (Wildman–Crippen MR) is 232 cm³/mol. The fourth-order valence-corrected chi connectivity index (χ4v) is 6.44. The first kappa shape index (κ1) is 44.4. The van der Waals surface area contributed by atoms with Crippen molar-refractivity contribution < 1.29 is 47.6 Å². The Morgan fingerprint density at radius 2 is 1.12 bits per heavy atom. The number of hydrogen-bond acceptors (Lipinski definition) is 13. The quantitative estimate of drug-likeness (QED) is 0.0258. The number of ether oxygens (including phenoxy) is 6. The molecule has 5 aromatic rings. The average Bonchev–Trinajstić information content (AvgIpc) is 3.69. The number of nitrogens with zero attached hydrogens (tertiary/aromatic N) is 1. The van der Waals surface area contributed by atoms with Crippen molar-refractivity contribution in [2.24, 2.45) is 0 Å². The highest BCUT2D eigenvalue weighted by Crippen LogP contribution is 2.30. The van der Waals surface area contributed by atoms with E-state index in [1.165, 1.54) is 17.4 Å². The van der Waals surface area contributed by atoms with Crippen LogP contribution in [0.15, 0.2) is 123 Å². The van der Waals surface area contributed by atoms with E-state index in [9.17, 15) is 19.2 Å². The van der Waals surface area contributed by atoms with Crippen molar-refractivity contribution in [1.82, 2.24) is 4.98 Å². The van der Waals surface area contributed by atoms with E-state index in [1.54, 1.807) is 72.9 Å². The number of fused-ring (bicyclic) bond motifs is 1. The molecule has 312 valence electrons. The normalized spacial score (nSPS) is 10.8. The molecule has 1 aromatic heterocycles. The molecule has 0 aliphatic heterocycles. The van der Waals surface area contributed by atoms with Gasteiger partial charge in [-0.05, 0) is 130 Å². The van der Waals surface area contributed by atoms with E-state index >= 15 is 0 Å². The third-order valence-corrected chi connectivity index (χ3v) is 9.75. The predicted octanol–water partition coefficient (Wildman–Crippen LogP) is 10.2. The first-order chi connectivity index (χ1) is 29.3. The Morgan fingerprint density at radius 1 is 0.600 bits per heavy atom. The standard InChI is InChI=1S/C47H48N2O10S/c1-3-43(50)56-31-13-7-5-11-29-54-37-22-18-35(19-23-37)45(52)58-39-26-17-34(27-28-48-47-49-40-15-9-10-16-42(40)60-47)41(33-39)59-46(53)36-20-24-38(25-21-36)55-30-12-6-8-14-32-57-44(51)4-2/h3-4,9-10,15-28,33H,1-2,5-8,11-14,29-32H2,(H,48,49)/b28-27+. The summed E-state index contributed by atoms with van der Waals surface area (Å²) < 4.78 is 34.3. The molecule has 1 heterocycles.